The number of hydrogen-bond acceptors (Lipinski definition) is 2. The van der Waals surface area contributed by atoms with Gasteiger partial charge in [0.15, 0.2) is 0 Å². The summed E-state index contributed by atoms with van der Waals surface area (Å²) in [5.41, 5.74) is 10.7. The molecule has 0 saturated heterocycles. The van der Waals surface area contributed by atoms with Gasteiger partial charge in [0.25, 0.3) is 0 Å². The van der Waals surface area contributed by atoms with Crippen LogP contribution in [0.1, 0.15) is 0 Å². The van der Waals surface area contributed by atoms with Gasteiger partial charge in [0.2, 0.25) is 0 Å². The average Bonchev–Trinajstić information content (AvgIpc) is 3.75. The Hall–Kier alpha value is -6.64. The molecule has 0 N–H and O–H groups in total. The maximum atomic E-state index is 6.57. The van der Waals surface area contributed by atoms with Crippen LogP contribution in [0, 0.1) is 0 Å². The molecule has 9 aromatic carbocycles. The van der Waals surface area contributed by atoms with Gasteiger partial charge in [0, 0.05) is 16.2 Å². The lowest BCUT2D eigenvalue weighted by molar-refractivity contribution is 0.663. The Morgan fingerprint density at radius 3 is 1.60 bits per heavy atom. The topological polar surface area (TPSA) is 26.3 Å². The van der Waals surface area contributed by atoms with E-state index in [1.165, 1.54) is 54.6 Å². The fraction of sp³-hybridized carbons (Fsp3) is 0. The molecule has 0 aliphatic rings. The maximum absolute atomic E-state index is 6.57. The summed E-state index contributed by atoms with van der Waals surface area (Å²) >= 11 is 0. The molecule has 2 nitrogen and oxygen atoms in total. The Morgan fingerprint density at radius 1 is 0.280 bits per heavy atom. The van der Waals surface area contributed by atoms with Gasteiger partial charge in [-0.15, -0.1) is 0 Å². The normalized spacial score (nSPS) is 12.0. The zero-order valence-corrected chi connectivity index (χ0v) is 27.0. The van der Waals surface area contributed by atoms with E-state index in [4.69, 9.17) is 8.83 Å². The monoisotopic (exact) mass is 636 g/mol. The highest BCUT2D eigenvalue weighted by Gasteiger charge is 2.19. The second-order valence-corrected chi connectivity index (χ2v) is 13.2. The number of benzene rings is 9. The van der Waals surface area contributed by atoms with Crippen molar-refractivity contribution in [1.29, 1.82) is 0 Å². The van der Waals surface area contributed by atoms with Crippen molar-refractivity contribution in [3.8, 4) is 33.4 Å². The van der Waals surface area contributed by atoms with Crippen molar-refractivity contribution in [2.24, 2.45) is 0 Å². The molecule has 11 aromatic rings. The molecular formula is C48H28O2. The second kappa shape index (κ2) is 10.4. The van der Waals surface area contributed by atoms with Crippen molar-refractivity contribution in [3.63, 3.8) is 0 Å². The van der Waals surface area contributed by atoms with E-state index in [2.05, 4.69) is 170 Å². The summed E-state index contributed by atoms with van der Waals surface area (Å²) in [7, 11) is 0. The zero-order valence-electron chi connectivity index (χ0n) is 27.0. The first-order chi connectivity index (χ1) is 24.8. The Bertz CT molecular complexity index is 3080. The van der Waals surface area contributed by atoms with Crippen LogP contribution in [0.2, 0.25) is 0 Å². The Labute approximate surface area is 287 Å². The Kier molecular flexibility index (Phi) is 5.70. The van der Waals surface area contributed by atoms with Crippen molar-refractivity contribution >= 4 is 76.2 Å². The van der Waals surface area contributed by atoms with Crippen LogP contribution in [-0.4, -0.2) is 0 Å². The standard InChI is InChI=1S/C48H28O2/c1-2-12-30(13-3-1)44-35-17-6-8-19-37(35)45(38-20-9-7-18-36(38)44)33-15-10-14-31(27-33)32-21-23-39-43(28-32)49-42-26-24-40-46-34-16-5-4-11-29(34)22-25-41(46)50-48(40)47(39)42/h1-28H. The van der Waals surface area contributed by atoms with Crippen molar-refractivity contribution in [3.05, 3.63) is 170 Å². The number of hydrogen-bond donors (Lipinski definition) is 0. The van der Waals surface area contributed by atoms with E-state index in [0.29, 0.717) is 0 Å². The predicted molar refractivity (Wildman–Crippen MR) is 210 cm³/mol. The van der Waals surface area contributed by atoms with Gasteiger partial charge in [-0.1, -0.05) is 133 Å². The zero-order chi connectivity index (χ0) is 32.8. The number of furan rings is 2. The fourth-order valence-corrected chi connectivity index (χ4v) is 8.25. The lowest BCUT2D eigenvalue weighted by Gasteiger charge is -2.18. The lowest BCUT2D eigenvalue weighted by Crippen LogP contribution is -1.91. The molecule has 2 heteroatoms. The van der Waals surface area contributed by atoms with Crippen molar-refractivity contribution in [2.75, 3.05) is 0 Å². The van der Waals surface area contributed by atoms with Crippen LogP contribution in [0.4, 0.5) is 0 Å². The Balaban J connectivity index is 1.09. The first-order valence-electron chi connectivity index (χ1n) is 17.1. The molecule has 0 fully saturated rings. The Morgan fingerprint density at radius 2 is 0.840 bits per heavy atom. The van der Waals surface area contributed by atoms with E-state index >= 15 is 0 Å². The summed E-state index contributed by atoms with van der Waals surface area (Å²) in [4.78, 5) is 0. The first-order valence-corrected chi connectivity index (χ1v) is 17.1. The van der Waals surface area contributed by atoms with Crippen LogP contribution in [0.25, 0.3) is 110 Å². The quantitative estimate of drug-likeness (QED) is 0.180. The summed E-state index contributed by atoms with van der Waals surface area (Å²) in [6, 6.07) is 60.8. The van der Waals surface area contributed by atoms with E-state index in [9.17, 15) is 0 Å². The molecule has 0 unspecified atom stereocenters. The molecule has 0 spiro atoms. The highest BCUT2D eigenvalue weighted by atomic mass is 16.3. The molecule has 0 saturated carbocycles. The lowest BCUT2D eigenvalue weighted by atomic mass is 9.85. The smallest absolute Gasteiger partial charge is 0.147 e. The summed E-state index contributed by atoms with van der Waals surface area (Å²) in [5, 5.41) is 11.8. The van der Waals surface area contributed by atoms with E-state index in [-0.39, 0.29) is 0 Å². The maximum Gasteiger partial charge on any atom is 0.147 e. The molecular weight excluding hydrogens is 609 g/mol. The van der Waals surface area contributed by atoms with Crippen LogP contribution in [0.5, 0.6) is 0 Å². The molecule has 0 radical (unpaired) electrons. The number of rotatable bonds is 3. The predicted octanol–water partition coefficient (Wildman–Crippen LogP) is 13.9. The van der Waals surface area contributed by atoms with Gasteiger partial charge >= 0.3 is 0 Å². The third kappa shape index (κ3) is 3.90. The second-order valence-electron chi connectivity index (χ2n) is 13.2. The fourth-order valence-electron chi connectivity index (χ4n) is 8.25. The molecule has 2 heterocycles. The van der Waals surface area contributed by atoms with Gasteiger partial charge in [-0.05, 0) is 102 Å². The molecule has 232 valence electrons. The molecule has 11 rings (SSSR count). The molecule has 0 bridgehead atoms. The minimum Gasteiger partial charge on any atom is -0.456 e. The summed E-state index contributed by atoms with van der Waals surface area (Å²) in [6.07, 6.45) is 0. The third-order valence-corrected chi connectivity index (χ3v) is 10.4. The van der Waals surface area contributed by atoms with Crippen molar-refractivity contribution in [2.45, 2.75) is 0 Å². The summed E-state index contributed by atoms with van der Waals surface area (Å²) in [6.45, 7) is 0. The SMILES string of the molecule is c1ccc(-c2c3ccccc3c(-c3cccc(-c4ccc5c(c4)oc4ccc6c(oc7ccc8ccccc8c76)c45)c3)c3ccccc23)cc1. The van der Waals surface area contributed by atoms with Crippen molar-refractivity contribution in [1.82, 2.24) is 0 Å². The summed E-state index contributed by atoms with van der Waals surface area (Å²) < 4.78 is 13.1. The van der Waals surface area contributed by atoms with E-state index in [1.807, 2.05) is 0 Å². The molecule has 50 heavy (non-hydrogen) atoms. The molecule has 0 atom stereocenters. The van der Waals surface area contributed by atoms with Gasteiger partial charge in [0.1, 0.15) is 22.3 Å². The molecule has 0 amide bonds. The minimum atomic E-state index is 0.832. The first kappa shape index (κ1) is 27.3. The van der Waals surface area contributed by atoms with E-state index < -0.39 is 0 Å². The van der Waals surface area contributed by atoms with Gasteiger partial charge in [-0.25, -0.2) is 0 Å². The highest BCUT2D eigenvalue weighted by molar-refractivity contribution is 6.27. The van der Waals surface area contributed by atoms with Crippen molar-refractivity contribution < 1.29 is 8.83 Å². The van der Waals surface area contributed by atoms with E-state index in [0.717, 1.165) is 55.0 Å². The van der Waals surface area contributed by atoms with E-state index in [1.54, 1.807) is 0 Å². The van der Waals surface area contributed by atoms with Gasteiger partial charge in [0.05, 0.1) is 5.39 Å². The highest BCUT2D eigenvalue weighted by Crippen LogP contribution is 2.45. The van der Waals surface area contributed by atoms with Crippen LogP contribution in [0.3, 0.4) is 0 Å². The van der Waals surface area contributed by atoms with Crippen LogP contribution < -0.4 is 0 Å². The molecule has 0 aliphatic heterocycles. The van der Waals surface area contributed by atoms with Crippen LogP contribution in [0.15, 0.2) is 179 Å². The van der Waals surface area contributed by atoms with Gasteiger partial charge < -0.3 is 8.83 Å². The van der Waals surface area contributed by atoms with Gasteiger partial charge in [-0.2, -0.15) is 0 Å². The van der Waals surface area contributed by atoms with Gasteiger partial charge in [-0.3, -0.25) is 0 Å². The number of fused-ring (bicyclic) bond motifs is 11. The molecule has 2 aromatic heterocycles. The average molecular weight is 637 g/mol. The van der Waals surface area contributed by atoms with Crippen LogP contribution >= 0.6 is 0 Å². The minimum absolute atomic E-state index is 0.832. The summed E-state index contributed by atoms with van der Waals surface area (Å²) in [5.74, 6) is 0. The third-order valence-electron chi connectivity index (χ3n) is 10.4. The molecule has 0 aliphatic carbocycles. The van der Waals surface area contributed by atoms with Crippen LogP contribution in [-0.2, 0) is 0 Å². The largest absolute Gasteiger partial charge is 0.456 e.